The molecule has 0 saturated heterocycles. The Morgan fingerprint density at radius 2 is 1.39 bits per heavy atom. The van der Waals surface area contributed by atoms with Crippen LogP contribution in [0.5, 0.6) is 0 Å². The Kier molecular flexibility index (Phi) is 18.0. The van der Waals surface area contributed by atoms with E-state index in [9.17, 15) is 25.9 Å². The first kappa shape index (κ1) is 45.9. The molecule has 312 valence electrons. The number of allylic oxidation sites excluding steroid dienone is 6. The van der Waals surface area contributed by atoms with Crippen LogP contribution < -0.4 is 13.9 Å². The van der Waals surface area contributed by atoms with Gasteiger partial charge in [-0.15, -0.1) is 0 Å². The maximum absolute atomic E-state index is 11.9. The van der Waals surface area contributed by atoms with Gasteiger partial charge in [-0.05, 0) is 0 Å². The van der Waals surface area contributed by atoms with E-state index in [0.717, 1.165) is 59.5 Å². The number of rotatable bonds is 23. The van der Waals surface area contributed by atoms with Crippen molar-refractivity contribution in [2.45, 2.75) is 35.6 Å². The maximum atomic E-state index is 11.9. The molecule has 0 spiro atoms. The summed E-state index contributed by atoms with van der Waals surface area (Å²) < 4.78 is 105. The van der Waals surface area contributed by atoms with Crippen molar-refractivity contribution in [1.82, 2.24) is 0 Å². The van der Waals surface area contributed by atoms with Gasteiger partial charge in [-0.2, -0.15) is 0 Å². The van der Waals surface area contributed by atoms with Gasteiger partial charge >= 0.3 is 354 Å². The Morgan fingerprint density at radius 1 is 0.772 bits per heavy atom. The number of anilines is 1. The molecule has 0 atom stereocenters. The predicted octanol–water partition coefficient (Wildman–Crippen LogP) is 3.34. The first-order valence-corrected chi connectivity index (χ1v) is 24.9. The van der Waals surface area contributed by atoms with Crippen molar-refractivity contribution in [3.05, 3.63) is 80.0 Å². The fourth-order valence-electron chi connectivity index (χ4n) is 5.99. The zero-order valence-electron chi connectivity index (χ0n) is 31.8. The molecule has 2 heterocycles. The fourth-order valence-corrected chi connectivity index (χ4v) is 12.4. The molecule has 19 heteroatoms. The molecule has 57 heavy (non-hydrogen) atoms. The number of hydrogen-bond donors (Lipinski definition) is 2. The average Bonchev–Trinajstić information content (AvgIpc) is 3.71. The van der Waals surface area contributed by atoms with Crippen molar-refractivity contribution >= 4 is 87.3 Å². The van der Waals surface area contributed by atoms with Crippen LogP contribution in [0.1, 0.15) is 23.8 Å². The molecule has 1 aliphatic heterocycles. The first-order valence-electron chi connectivity index (χ1n) is 18.2. The minimum absolute atomic E-state index is 0.139. The summed E-state index contributed by atoms with van der Waals surface area (Å²) in [6.07, 6.45) is 10.6. The van der Waals surface area contributed by atoms with Crippen LogP contribution >= 0.6 is 11.6 Å². The molecule has 0 bridgehead atoms. The van der Waals surface area contributed by atoms with Crippen molar-refractivity contribution < 1.29 is 58.9 Å². The molecule has 2 aromatic carbocycles. The number of methoxy groups -OCH3 is 2. The Balaban J connectivity index is 1.35. The Labute approximate surface area is 351 Å². The zero-order chi connectivity index (χ0) is 40.8. The molecular formula is C38H48ClN2O12S2Se2+. The van der Waals surface area contributed by atoms with E-state index >= 15 is 0 Å². The van der Waals surface area contributed by atoms with Gasteiger partial charge in [-0.3, -0.25) is 0 Å². The third-order valence-corrected chi connectivity index (χ3v) is 15.7. The summed E-state index contributed by atoms with van der Waals surface area (Å²) in [6, 6.07) is 9.32. The van der Waals surface area contributed by atoms with Crippen molar-refractivity contribution in [1.29, 1.82) is 0 Å². The molecule has 0 unspecified atom stereocenters. The Morgan fingerprint density at radius 3 is 2.05 bits per heavy atom. The number of aromatic nitrogens is 1. The predicted molar refractivity (Wildman–Crippen MR) is 219 cm³/mol. The van der Waals surface area contributed by atoms with E-state index in [1.807, 2.05) is 24.3 Å². The van der Waals surface area contributed by atoms with E-state index in [0.29, 0.717) is 84.2 Å². The van der Waals surface area contributed by atoms with Crippen LogP contribution in [0.3, 0.4) is 0 Å². The molecule has 1 aliphatic carbocycles. The van der Waals surface area contributed by atoms with Gasteiger partial charge in [0.1, 0.15) is 0 Å². The molecule has 0 amide bonds. The molecule has 14 nitrogen and oxygen atoms in total. The van der Waals surface area contributed by atoms with E-state index in [1.165, 1.54) is 24.3 Å². The van der Waals surface area contributed by atoms with E-state index < -0.39 is 20.2 Å². The summed E-state index contributed by atoms with van der Waals surface area (Å²) in [5.74, 6) is 0. The normalized spacial score (nSPS) is 16.6. The van der Waals surface area contributed by atoms with Gasteiger partial charge in [0.05, 0.1) is 0 Å². The van der Waals surface area contributed by atoms with Crippen LogP contribution in [0.4, 0.5) is 5.69 Å². The monoisotopic (exact) mass is 983 g/mol. The van der Waals surface area contributed by atoms with E-state index in [4.69, 9.17) is 40.0 Å². The topological polar surface area (TPSA) is 171 Å². The second-order valence-electron chi connectivity index (χ2n) is 12.7. The molecule has 0 fully saturated rings. The zero-order valence-corrected chi connectivity index (χ0v) is 37.6. The first-order chi connectivity index (χ1) is 27.4. The number of halogens is 1. The van der Waals surface area contributed by atoms with E-state index in [1.54, 1.807) is 26.4 Å². The standard InChI is InChI=1S/C38H47ClN2O12S2Se2/c1-48-18-20-52-24-22-50-16-14-40-32-10-8-30(54(42,43)44)26-34(32)56-36(40)12-6-28-4-3-5-29(38(28)39)7-13-37-41(15-17-51-23-25-53-21-19-49-2)33-11-9-31(55(45,46)47)27-35(33)57-37/h6-13,26-27H,3-5,14-25H2,1-2H3,(H-,42,43,44,45,46,47)/p+1. The van der Waals surface area contributed by atoms with Crippen molar-refractivity contribution in [3.8, 4) is 0 Å². The van der Waals surface area contributed by atoms with Crippen molar-refractivity contribution in [2.75, 3.05) is 91.7 Å². The SMILES string of the molecule is COCCOCCOCCN1/C(=C/C=C2\CCCC(/C=C/c3[se]c4cc(S(=O)(=O)O)ccc4[n+]3CCOCCOCCOC)=C2Cl)[Se]c2cc(S(=O)(=O)O)ccc21. The summed E-state index contributed by atoms with van der Waals surface area (Å²) in [6.45, 7) is 5.63. The Hall–Kier alpha value is -2.22. The minimum atomic E-state index is -4.36. The van der Waals surface area contributed by atoms with Gasteiger partial charge in [0.25, 0.3) is 0 Å². The molecule has 2 N–H and O–H groups in total. The molecule has 1 aromatic heterocycles. The van der Waals surface area contributed by atoms with Crippen LogP contribution in [-0.2, 0) is 55.2 Å². The molecule has 5 rings (SSSR count). The van der Waals surface area contributed by atoms with Gasteiger partial charge in [-0.1, -0.05) is 0 Å². The van der Waals surface area contributed by atoms with Gasteiger partial charge in [0, 0.05) is 0 Å². The summed E-state index contributed by atoms with van der Waals surface area (Å²) in [5, 5.41) is 0.662. The quantitative estimate of drug-likeness (QED) is 0.0615. The summed E-state index contributed by atoms with van der Waals surface area (Å²) >= 11 is 6.58. The summed E-state index contributed by atoms with van der Waals surface area (Å²) in [4.78, 5) is 1.84. The summed E-state index contributed by atoms with van der Waals surface area (Å²) in [7, 11) is -5.48. The van der Waals surface area contributed by atoms with Crippen LogP contribution in [0.15, 0.2) is 85.2 Å². The van der Waals surface area contributed by atoms with Crippen LogP contribution in [0.25, 0.3) is 15.9 Å². The summed E-state index contributed by atoms with van der Waals surface area (Å²) in [5.41, 5.74) is 3.69. The number of ether oxygens (including phenoxy) is 6. The van der Waals surface area contributed by atoms with Gasteiger partial charge in [0.15, 0.2) is 0 Å². The van der Waals surface area contributed by atoms with Crippen LogP contribution in [0, 0.1) is 0 Å². The van der Waals surface area contributed by atoms with Crippen LogP contribution in [-0.4, -0.2) is 142 Å². The van der Waals surface area contributed by atoms with Gasteiger partial charge in [0.2, 0.25) is 0 Å². The third-order valence-electron chi connectivity index (χ3n) is 8.84. The molecular weight excluding hydrogens is 934 g/mol. The molecule has 3 aromatic rings. The van der Waals surface area contributed by atoms with Gasteiger partial charge in [-0.25, -0.2) is 0 Å². The van der Waals surface area contributed by atoms with Crippen molar-refractivity contribution in [2.24, 2.45) is 0 Å². The molecule has 2 aliphatic rings. The number of hydrogen-bond acceptors (Lipinski definition) is 11. The Bertz CT molecular complexity index is 2190. The molecule has 0 radical (unpaired) electrons. The average molecular weight is 982 g/mol. The second-order valence-corrected chi connectivity index (χ2v) is 20.4. The number of fused-ring (bicyclic) bond motifs is 2. The van der Waals surface area contributed by atoms with E-state index in [2.05, 4.69) is 9.47 Å². The van der Waals surface area contributed by atoms with Crippen molar-refractivity contribution in [3.63, 3.8) is 0 Å². The second kappa shape index (κ2) is 22.4. The van der Waals surface area contributed by atoms with Gasteiger partial charge < -0.3 is 0 Å². The fraction of sp³-hybridized carbons (Fsp3) is 0.447. The number of nitrogens with zero attached hydrogens (tertiary/aromatic N) is 2. The molecule has 0 saturated carbocycles. The van der Waals surface area contributed by atoms with Crippen LogP contribution in [0.2, 0.25) is 0 Å². The third kappa shape index (κ3) is 13.4. The number of benzene rings is 2. The van der Waals surface area contributed by atoms with E-state index in [-0.39, 0.29) is 39.3 Å².